The van der Waals surface area contributed by atoms with Gasteiger partial charge in [0.1, 0.15) is 6.04 Å². The van der Waals surface area contributed by atoms with Crippen LogP contribution in [0.25, 0.3) is 0 Å². The number of carboxylic acids is 1. The summed E-state index contributed by atoms with van der Waals surface area (Å²) < 4.78 is 0. The summed E-state index contributed by atoms with van der Waals surface area (Å²) in [4.78, 5) is 26.9. The highest BCUT2D eigenvalue weighted by Crippen LogP contribution is 2.38. The van der Waals surface area contributed by atoms with Crippen molar-refractivity contribution in [3.63, 3.8) is 0 Å². The topological polar surface area (TPSA) is 57.6 Å². The van der Waals surface area contributed by atoms with Gasteiger partial charge in [0.2, 0.25) is 5.91 Å². The maximum absolute atomic E-state index is 12.7. The lowest BCUT2D eigenvalue weighted by Crippen LogP contribution is -2.52. The standard InChI is InChI=1S/C16H19NO3S/c1-10-6-7-17(12(8-10)16(19)20)15(18)14-9-11-4-2-3-5-13(11)21-14/h2-5,10,12,14H,6-9H2,1H3,(H,19,20). The fraction of sp³-hybridized carbons (Fsp3) is 0.500. The molecule has 4 nitrogen and oxygen atoms in total. The Balaban J connectivity index is 1.75. The van der Waals surface area contributed by atoms with Crippen LogP contribution in [0.15, 0.2) is 29.2 Å². The van der Waals surface area contributed by atoms with Gasteiger partial charge in [-0.15, -0.1) is 11.8 Å². The number of likely N-dealkylation sites (tertiary alicyclic amines) is 1. The fourth-order valence-electron chi connectivity index (χ4n) is 3.14. The van der Waals surface area contributed by atoms with Crippen LogP contribution in [0, 0.1) is 5.92 Å². The van der Waals surface area contributed by atoms with Gasteiger partial charge >= 0.3 is 5.97 Å². The summed E-state index contributed by atoms with van der Waals surface area (Å²) in [6.07, 6.45) is 2.16. The molecule has 3 unspecified atom stereocenters. The SMILES string of the molecule is CC1CCN(C(=O)C2Cc3ccccc3S2)C(C(=O)O)C1. The molecular formula is C16H19NO3S. The third kappa shape index (κ3) is 2.79. The second-order valence-electron chi connectivity index (χ2n) is 5.93. The molecule has 1 N–H and O–H groups in total. The molecule has 2 heterocycles. The number of thioether (sulfide) groups is 1. The van der Waals surface area contributed by atoms with E-state index >= 15 is 0 Å². The van der Waals surface area contributed by atoms with E-state index in [1.54, 1.807) is 16.7 Å². The molecule has 1 fully saturated rings. The zero-order valence-corrected chi connectivity index (χ0v) is 12.8. The van der Waals surface area contributed by atoms with Crippen molar-refractivity contribution in [1.29, 1.82) is 0 Å². The van der Waals surface area contributed by atoms with Gasteiger partial charge in [0.25, 0.3) is 0 Å². The molecule has 21 heavy (non-hydrogen) atoms. The lowest BCUT2D eigenvalue weighted by atomic mass is 9.92. The van der Waals surface area contributed by atoms with E-state index in [-0.39, 0.29) is 11.2 Å². The van der Waals surface area contributed by atoms with Gasteiger partial charge in [0.15, 0.2) is 0 Å². The largest absolute Gasteiger partial charge is 0.480 e. The lowest BCUT2D eigenvalue weighted by molar-refractivity contribution is -0.152. The Kier molecular flexibility index (Phi) is 3.93. The number of benzene rings is 1. The molecule has 0 aliphatic carbocycles. The van der Waals surface area contributed by atoms with Crippen LogP contribution in [-0.2, 0) is 16.0 Å². The van der Waals surface area contributed by atoms with Crippen molar-refractivity contribution in [2.75, 3.05) is 6.54 Å². The Bertz CT molecular complexity index is 549. The van der Waals surface area contributed by atoms with Crippen molar-refractivity contribution in [3.05, 3.63) is 29.8 Å². The predicted molar refractivity (Wildman–Crippen MR) is 81.3 cm³/mol. The van der Waals surface area contributed by atoms with Crippen LogP contribution in [0.1, 0.15) is 25.3 Å². The number of piperidine rings is 1. The first-order chi connectivity index (χ1) is 10.1. The highest BCUT2D eigenvalue weighted by atomic mass is 32.2. The first-order valence-electron chi connectivity index (χ1n) is 7.34. The second-order valence-corrected chi connectivity index (χ2v) is 7.18. The van der Waals surface area contributed by atoms with E-state index in [0.717, 1.165) is 11.3 Å². The maximum Gasteiger partial charge on any atom is 0.326 e. The van der Waals surface area contributed by atoms with Gasteiger partial charge in [-0.3, -0.25) is 4.79 Å². The molecule has 0 saturated carbocycles. The summed E-state index contributed by atoms with van der Waals surface area (Å²) in [5.41, 5.74) is 1.19. The summed E-state index contributed by atoms with van der Waals surface area (Å²) in [6, 6.07) is 7.37. The maximum atomic E-state index is 12.7. The van der Waals surface area contributed by atoms with E-state index in [9.17, 15) is 14.7 Å². The van der Waals surface area contributed by atoms with Crippen LogP contribution in [0.5, 0.6) is 0 Å². The molecule has 1 amide bonds. The molecule has 112 valence electrons. The minimum absolute atomic E-state index is 0.0181. The fourth-order valence-corrected chi connectivity index (χ4v) is 4.41. The number of rotatable bonds is 2. The smallest absolute Gasteiger partial charge is 0.326 e. The van der Waals surface area contributed by atoms with Crippen LogP contribution in [0.4, 0.5) is 0 Å². The van der Waals surface area contributed by atoms with Crippen molar-refractivity contribution in [3.8, 4) is 0 Å². The van der Waals surface area contributed by atoms with Gasteiger partial charge < -0.3 is 10.0 Å². The number of hydrogen-bond acceptors (Lipinski definition) is 3. The normalized spacial score (nSPS) is 28.2. The Labute approximate surface area is 128 Å². The van der Waals surface area contributed by atoms with E-state index in [2.05, 4.69) is 6.92 Å². The van der Waals surface area contributed by atoms with E-state index in [1.165, 1.54) is 5.56 Å². The Morgan fingerprint density at radius 3 is 2.81 bits per heavy atom. The minimum atomic E-state index is -0.879. The third-order valence-corrected chi connectivity index (χ3v) is 5.66. The molecule has 2 aliphatic heterocycles. The number of nitrogens with zero attached hydrogens (tertiary/aromatic N) is 1. The molecule has 1 aromatic carbocycles. The van der Waals surface area contributed by atoms with Crippen LogP contribution in [0.2, 0.25) is 0 Å². The van der Waals surface area contributed by atoms with Gasteiger partial charge in [0.05, 0.1) is 5.25 Å². The van der Waals surface area contributed by atoms with Crippen molar-refractivity contribution >= 4 is 23.6 Å². The summed E-state index contributed by atoms with van der Waals surface area (Å²) in [6.45, 7) is 2.61. The quantitative estimate of drug-likeness (QED) is 0.911. The average Bonchev–Trinajstić information content (AvgIpc) is 2.90. The zero-order chi connectivity index (χ0) is 15.0. The molecule has 0 spiro atoms. The Hall–Kier alpha value is -1.49. The van der Waals surface area contributed by atoms with Crippen molar-refractivity contribution in [1.82, 2.24) is 4.90 Å². The van der Waals surface area contributed by atoms with Gasteiger partial charge in [-0.05, 0) is 36.8 Å². The monoisotopic (exact) mass is 305 g/mol. The van der Waals surface area contributed by atoms with Crippen LogP contribution < -0.4 is 0 Å². The second kappa shape index (κ2) is 5.72. The van der Waals surface area contributed by atoms with Crippen LogP contribution >= 0.6 is 11.8 Å². The zero-order valence-electron chi connectivity index (χ0n) is 12.0. The number of carbonyl (C=O) groups excluding carboxylic acids is 1. The van der Waals surface area contributed by atoms with Crippen LogP contribution in [-0.4, -0.2) is 39.7 Å². The Morgan fingerprint density at radius 2 is 2.10 bits per heavy atom. The molecular weight excluding hydrogens is 286 g/mol. The summed E-state index contributed by atoms with van der Waals surface area (Å²) in [5, 5.41) is 9.22. The summed E-state index contributed by atoms with van der Waals surface area (Å²) >= 11 is 1.57. The summed E-state index contributed by atoms with van der Waals surface area (Å²) in [7, 11) is 0. The Morgan fingerprint density at radius 1 is 1.33 bits per heavy atom. The van der Waals surface area contributed by atoms with Crippen molar-refractivity contribution in [2.24, 2.45) is 5.92 Å². The number of carboxylic acid groups (broad SMARTS) is 1. The number of fused-ring (bicyclic) bond motifs is 1. The van der Waals surface area contributed by atoms with Crippen molar-refractivity contribution in [2.45, 2.75) is 42.4 Å². The van der Waals surface area contributed by atoms with Gasteiger partial charge in [-0.25, -0.2) is 4.79 Å². The van der Waals surface area contributed by atoms with E-state index in [4.69, 9.17) is 0 Å². The van der Waals surface area contributed by atoms with Gasteiger partial charge in [-0.1, -0.05) is 25.1 Å². The molecule has 1 aromatic rings. The first-order valence-corrected chi connectivity index (χ1v) is 8.22. The number of aliphatic carboxylic acids is 1. The van der Waals surface area contributed by atoms with Crippen molar-refractivity contribution < 1.29 is 14.7 Å². The molecule has 5 heteroatoms. The molecule has 3 rings (SSSR count). The number of carbonyl (C=O) groups is 2. The summed E-state index contributed by atoms with van der Waals surface area (Å²) in [5.74, 6) is -0.533. The molecule has 1 saturated heterocycles. The minimum Gasteiger partial charge on any atom is -0.480 e. The van der Waals surface area contributed by atoms with Crippen LogP contribution in [0.3, 0.4) is 0 Å². The van der Waals surface area contributed by atoms with E-state index < -0.39 is 12.0 Å². The highest BCUT2D eigenvalue weighted by Gasteiger charge is 2.39. The average molecular weight is 305 g/mol. The van der Waals surface area contributed by atoms with Gasteiger partial charge in [-0.2, -0.15) is 0 Å². The number of amides is 1. The van der Waals surface area contributed by atoms with E-state index in [1.807, 2.05) is 24.3 Å². The molecule has 0 bridgehead atoms. The molecule has 2 aliphatic rings. The molecule has 3 atom stereocenters. The third-order valence-electron chi connectivity index (χ3n) is 4.36. The van der Waals surface area contributed by atoms with Gasteiger partial charge in [0, 0.05) is 11.4 Å². The lowest BCUT2D eigenvalue weighted by Gasteiger charge is -2.37. The first kappa shape index (κ1) is 14.4. The highest BCUT2D eigenvalue weighted by molar-refractivity contribution is 8.01. The number of hydrogen-bond donors (Lipinski definition) is 1. The predicted octanol–water partition coefficient (Wildman–Crippen LogP) is 2.42. The van der Waals surface area contributed by atoms with E-state index in [0.29, 0.717) is 25.3 Å². The molecule has 0 radical (unpaired) electrons. The molecule has 0 aromatic heterocycles.